The van der Waals surface area contributed by atoms with Crippen molar-refractivity contribution in [3.63, 3.8) is 0 Å². The number of quaternary nitrogens is 1. The third-order valence-corrected chi connectivity index (χ3v) is 5.20. The molecule has 1 aliphatic rings. The Hall–Kier alpha value is -2.72. The Kier molecular flexibility index (Phi) is 5.05. The number of ether oxygens (including phenoxy) is 1. The first kappa shape index (κ1) is 18.1. The SMILES string of the molecule is CCOC(=O)c1c(NC(=O)c2ccc([N+](=O)[O-])o2)sc2c1CC[NH+](C)C2. The average Bonchev–Trinajstić information content (AvgIpc) is 3.19. The largest absolute Gasteiger partial charge is 0.462 e. The highest BCUT2D eigenvalue weighted by Gasteiger charge is 2.31. The molecule has 26 heavy (non-hydrogen) atoms. The molecule has 1 amide bonds. The lowest BCUT2D eigenvalue weighted by molar-refractivity contribution is -0.895. The fraction of sp³-hybridized carbons (Fsp3) is 0.375. The maximum absolute atomic E-state index is 12.4. The molecule has 0 radical (unpaired) electrons. The maximum atomic E-state index is 12.4. The van der Waals surface area contributed by atoms with Crippen LogP contribution in [0.25, 0.3) is 0 Å². The minimum absolute atomic E-state index is 0.194. The Bertz CT molecular complexity index is 871. The normalized spacial score (nSPS) is 16.0. The van der Waals surface area contributed by atoms with Crippen LogP contribution in [0.5, 0.6) is 0 Å². The topological polar surface area (TPSA) is 116 Å². The first-order chi connectivity index (χ1) is 12.4. The Labute approximate surface area is 152 Å². The van der Waals surface area contributed by atoms with Gasteiger partial charge in [-0.1, -0.05) is 0 Å². The summed E-state index contributed by atoms with van der Waals surface area (Å²) in [5.74, 6) is -1.84. The number of anilines is 1. The number of hydrogen-bond donors (Lipinski definition) is 2. The summed E-state index contributed by atoms with van der Waals surface area (Å²) in [5, 5.41) is 13.7. The number of likely N-dealkylation sites (N-methyl/N-ethyl adjacent to an activating group) is 1. The van der Waals surface area contributed by atoms with Gasteiger partial charge in [0.25, 0.3) is 5.91 Å². The van der Waals surface area contributed by atoms with Crippen molar-refractivity contribution >= 4 is 34.1 Å². The summed E-state index contributed by atoms with van der Waals surface area (Å²) in [5.41, 5.74) is 1.27. The molecule has 138 valence electrons. The van der Waals surface area contributed by atoms with Gasteiger partial charge in [0.1, 0.15) is 16.5 Å². The van der Waals surface area contributed by atoms with Crippen LogP contribution in [0.15, 0.2) is 16.5 Å². The zero-order chi connectivity index (χ0) is 18.8. The number of nitrogens with one attached hydrogen (secondary N) is 2. The molecule has 1 unspecified atom stereocenters. The number of nitro groups is 1. The van der Waals surface area contributed by atoms with Crippen LogP contribution >= 0.6 is 11.3 Å². The molecular weight excluding hydrogens is 362 g/mol. The molecule has 0 fully saturated rings. The highest BCUT2D eigenvalue weighted by molar-refractivity contribution is 7.17. The highest BCUT2D eigenvalue weighted by atomic mass is 32.1. The predicted molar refractivity (Wildman–Crippen MR) is 92.8 cm³/mol. The first-order valence-electron chi connectivity index (χ1n) is 8.09. The molecule has 0 saturated heterocycles. The van der Waals surface area contributed by atoms with E-state index in [9.17, 15) is 19.7 Å². The molecule has 3 rings (SSSR count). The first-order valence-corrected chi connectivity index (χ1v) is 8.90. The van der Waals surface area contributed by atoms with Gasteiger partial charge in [0, 0.05) is 6.42 Å². The van der Waals surface area contributed by atoms with E-state index in [1.54, 1.807) is 6.92 Å². The van der Waals surface area contributed by atoms with E-state index >= 15 is 0 Å². The number of esters is 1. The quantitative estimate of drug-likeness (QED) is 0.458. The summed E-state index contributed by atoms with van der Waals surface area (Å²) in [6, 6.07) is 2.34. The third-order valence-electron chi connectivity index (χ3n) is 4.06. The van der Waals surface area contributed by atoms with Crippen LogP contribution in [-0.2, 0) is 17.7 Å². The summed E-state index contributed by atoms with van der Waals surface area (Å²) in [6.45, 7) is 3.59. The van der Waals surface area contributed by atoms with Gasteiger partial charge in [-0.25, -0.2) is 4.79 Å². The molecule has 0 aliphatic carbocycles. The van der Waals surface area contributed by atoms with Crippen LogP contribution in [-0.4, -0.2) is 37.0 Å². The van der Waals surface area contributed by atoms with Gasteiger partial charge in [-0.2, -0.15) is 0 Å². The number of nitrogens with zero attached hydrogens (tertiary/aromatic N) is 1. The van der Waals surface area contributed by atoms with E-state index < -0.39 is 22.7 Å². The molecule has 1 atom stereocenters. The summed E-state index contributed by atoms with van der Waals surface area (Å²) < 4.78 is 10.1. The molecule has 1 aliphatic heterocycles. The third kappa shape index (κ3) is 3.46. The standard InChI is InChI=1S/C16H17N3O6S/c1-3-24-16(21)13-9-6-7-18(2)8-11(9)26-15(13)17-14(20)10-4-5-12(25-10)19(22)23/h4-5H,3,6-8H2,1-2H3,(H,17,20)/p+1. The fourth-order valence-corrected chi connectivity index (χ4v) is 4.18. The number of hydrogen-bond acceptors (Lipinski definition) is 7. The number of fused-ring (bicyclic) bond motifs is 1. The summed E-state index contributed by atoms with van der Waals surface area (Å²) >= 11 is 1.33. The molecule has 10 heteroatoms. The van der Waals surface area contributed by atoms with Crippen LogP contribution in [0, 0.1) is 10.1 Å². The van der Waals surface area contributed by atoms with Gasteiger partial charge in [0.2, 0.25) is 0 Å². The minimum atomic E-state index is -0.719. The molecular formula is C16H18N3O6S+. The molecule has 0 bridgehead atoms. The van der Waals surface area contributed by atoms with Crippen LogP contribution in [0.4, 0.5) is 10.9 Å². The van der Waals surface area contributed by atoms with Crippen LogP contribution in [0.2, 0.25) is 0 Å². The number of carbonyl (C=O) groups is 2. The smallest absolute Gasteiger partial charge is 0.433 e. The van der Waals surface area contributed by atoms with Crippen molar-refractivity contribution in [1.82, 2.24) is 0 Å². The van der Waals surface area contributed by atoms with Crippen molar-refractivity contribution in [2.24, 2.45) is 0 Å². The second kappa shape index (κ2) is 7.26. The molecule has 2 aromatic rings. The van der Waals surface area contributed by atoms with Crippen LogP contribution in [0.3, 0.4) is 0 Å². The van der Waals surface area contributed by atoms with E-state index in [-0.39, 0.29) is 12.4 Å². The lowest BCUT2D eigenvalue weighted by atomic mass is 10.0. The van der Waals surface area contributed by atoms with Gasteiger partial charge >= 0.3 is 11.9 Å². The Morgan fingerprint density at radius 1 is 1.46 bits per heavy atom. The Morgan fingerprint density at radius 2 is 2.23 bits per heavy atom. The molecule has 3 heterocycles. The van der Waals surface area contributed by atoms with E-state index in [1.165, 1.54) is 22.3 Å². The second-order valence-corrected chi connectivity index (χ2v) is 7.02. The number of thiophene rings is 1. The fourth-order valence-electron chi connectivity index (χ4n) is 2.84. The van der Waals surface area contributed by atoms with Crippen molar-refractivity contribution in [3.8, 4) is 0 Å². The van der Waals surface area contributed by atoms with Crippen LogP contribution in [0.1, 0.15) is 38.3 Å². The summed E-state index contributed by atoms with van der Waals surface area (Å²) in [6.07, 6.45) is 0.716. The molecule has 2 N–H and O–H groups in total. The van der Waals surface area contributed by atoms with E-state index in [0.717, 1.165) is 29.6 Å². The monoisotopic (exact) mass is 380 g/mol. The highest BCUT2D eigenvalue weighted by Crippen LogP contribution is 2.35. The van der Waals surface area contributed by atoms with Crippen molar-refractivity contribution < 1.29 is 28.6 Å². The molecule has 0 spiro atoms. The summed E-state index contributed by atoms with van der Waals surface area (Å²) in [4.78, 5) is 37.1. The Morgan fingerprint density at radius 3 is 2.88 bits per heavy atom. The molecule has 0 aromatic carbocycles. The molecule has 2 aromatic heterocycles. The van der Waals surface area contributed by atoms with Gasteiger partial charge in [-0.3, -0.25) is 14.9 Å². The lowest BCUT2D eigenvalue weighted by Gasteiger charge is -2.19. The minimum Gasteiger partial charge on any atom is -0.462 e. The van der Waals surface area contributed by atoms with Crippen molar-refractivity contribution in [2.75, 3.05) is 25.5 Å². The van der Waals surface area contributed by atoms with Crippen LogP contribution < -0.4 is 10.2 Å². The second-order valence-electron chi connectivity index (χ2n) is 5.91. The van der Waals surface area contributed by atoms with Crippen molar-refractivity contribution in [2.45, 2.75) is 19.9 Å². The lowest BCUT2D eigenvalue weighted by Crippen LogP contribution is -3.08. The van der Waals surface area contributed by atoms with Crippen molar-refractivity contribution in [1.29, 1.82) is 0 Å². The number of amides is 1. The summed E-state index contributed by atoms with van der Waals surface area (Å²) in [7, 11) is 2.06. The zero-order valence-corrected chi connectivity index (χ0v) is 15.1. The van der Waals surface area contributed by atoms with E-state index in [0.29, 0.717) is 17.0 Å². The van der Waals surface area contributed by atoms with E-state index in [2.05, 4.69) is 12.4 Å². The van der Waals surface area contributed by atoms with Gasteiger partial charge < -0.3 is 19.4 Å². The van der Waals surface area contributed by atoms with Gasteiger partial charge in [-0.05, 0) is 18.6 Å². The van der Waals surface area contributed by atoms with Gasteiger partial charge in [0.05, 0.1) is 36.7 Å². The van der Waals surface area contributed by atoms with E-state index in [4.69, 9.17) is 9.15 Å². The zero-order valence-electron chi connectivity index (χ0n) is 14.3. The predicted octanol–water partition coefficient (Wildman–Crippen LogP) is 1.25. The maximum Gasteiger partial charge on any atom is 0.433 e. The van der Waals surface area contributed by atoms with Crippen molar-refractivity contribution in [3.05, 3.63) is 44.0 Å². The number of carbonyl (C=O) groups excluding carboxylic acids is 2. The number of furan rings is 1. The number of rotatable bonds is 5. The van der Waals surface area contributed by atoms with Gasteiger partial charge in [0.15, 0.2) is 5.76 Å². The molecule has 0 saturated carbocycles. The average molecular weight is 380 g/mol. The molecule has 9 nitrogen and oxygen atoms in total. The van der Waals surface area contributed by atoms with E-state index in [1.807, 2.05) is 0 Å². The van der Waals surface area contributed by atoms with Gasteiger partial charge in [-0.15, -0.1) is 11.3 Å². The Balaban J connectivity index is 1.91.